The first-order valence-electron chi connectivity index (χ1n) is 7.31. The smallest absolute Gasteiger partial charge is 0.0689 e. The third-order valence-corrected chi connectivity index (χ3v) is 4.73. The molecule has 1 aliphatic carbocycles. The maximum absolute atomic E-state index is 9.44. The molecule has 3 atom stereocenters. The SMILES string of the molecule is CCC1CCC(C#N)(CCCC2CCCO2)C1. The average molecular weight is 235 g/mol. The molecule has 0 amide bonds. The van der Waals surface area contributed by atoms with E-state index >= 15 is 0 Å². The van der Waals surface area contributed by atoms with Crippen LogP contribution in [-0.2, 0) is 4.74 Å². The van der Waals surface area contributed by atoms with E-state index in [1.807, 2.05) is 0 Å². The molecule has 2 heteroatoms. The van der Waals surface area contributed by atoms with E-state index in [0.717, 1.165) is 31.8 Å². The number of nitrogens with zero attached hydrogens (tertiary/aromatic N) is 1. The number of hydrogen-bond acceptors (Lipinski definition) is 2. The molecule has 0 spiro atoms. The maximum Gasteiger partial charge on any atom is 0.0689 e. The molecular formula is C15H25NO. The summed E-state index contributed by atoms with van der Waals surface area (Å²) in [6.07, 6.45) is 11.2. The van der Waals surface area contributed by atoms with Crippen molar-refractivity contribution in [2.24, 2.45) is 11.3 Å². The first-order valence-corrected chi connectivity index (χ1v) is 7.31. The Morgan fingerprint density at radius 2 is 2.29 bits per heavy atom. The van der Waals surface area contributed by atoms with Crippen molar-refractivity contribution in [3.05, 3.63) is 0 Å². The lowest BCUT2D eigenvalue weighted by molar-refractivity contribution is 0.0993. The Hall–Kier alpha value is -0.550. The third-order valence-electron chi connectivity index (χ3n) is 4.73. The Morgan fingerprint density at radius 1 is 1.41 bits per heavy atom. The molecule has 1 heterocycles. The van der Waals surface area contributed by atoms with Crippen LogP contribution >= 0.6 is 0 Å². The molecule has 0 N–H and O–H groups in total. The largest absolute Gasteiger partial charge is 0.378 e. The highest BCUT2D eigenvalue weighted by molar-refractivity contribution is 5.03. The highest BCUT2D eigenvalue weighted by Gasteiger charge is 2.38. The fraction of sp³-hybridized carbons (Fsp3) is 0.933. The zero-order valence-electron chi connectivity index (χ0n) is 11.1. The van der Waals surface area contributed by atoms with Gasteiger partial charge in [0.05, 0.1) is 17.6 Å². The van der Waals surface area contributed by atoms with E-state index in [0.29, 0.717) is 6.10 Å². The van der Waals surface area contributed by atoms with Crippen molar-refractivity contribution < 1.29 is 4.74 Å². The molecule has 3 unspecified atom stereocenters. The van der Waals surface area contributed by atoms with Crippen molar-refractivity contribution in [3.8, 4) is 6.07 Å². The predicted octanol–water partition coefficient (Wildman–Crippen LogP) is 4.06. The van der Waals surface area contributed by atoms with Gasteiger partial charge in [-0.25, -0.2) is 0 Å². The molecule has 0 aromatic rings. The van der Waals surface area contributed by atoms with Crippen LogP contribution in [-0.4, -0.2) is 12.7 Å². The number of ether oxygens (including phenoxy) is 1. The summed E-state index contributed by atoms with van der Waals surface area (Å²) in [4.78, 5) is 0. The normalized spacial score (nSPS) is 37.2. The summed E-state index contributed by atoms with van der Waals surface area (Å²) in [5.41, 5.74) is 0.0132. The van der Waals surface area contributed by atoms with E-state index in [-0.39, 0.29) is 5.41 Å². The van der Waals surface area contributed by atoms with Crippen LogP contribution in [0.3, 0.4) is 0 Å². The first kappa shape index (κ1) is 12.9. The zero-order valence-corrected chi connectivity index (χ0v) is 11.1. The Balaban J connectivity index is 1.74. The molecule has 2 rings (SSSR count). The van der Waals surface area contributed by atoms with E-state index in [2.05, 4.69) is 13.0 Å². The quantitative estimate of drug-likeness (QED) is 0.720. The van der Waals surface area contributed by atoms with Gasteiger partial charge in [0, 0.05) is 6.61 Å². The first-order chi connectivity index (χ1) is 8.28. The molecule has 2 nitrogen and oxygen atoms in total. The highest BCUT2D eigenvalue weighted by atomic mass is 16.5. The molecular weight excluding hydrogens is 210 g/mol. The molecule has 2 aliphatic rings. The van der Waals surface area contributed by atoms with Gasteiger partial charge in [0.2, 0.25) is 0 Å². The van der Waals surface area contributed by atoms with E-state index in [1.54, 1.807) is 0 Å². The summed E-state index contributed by atoms with van der Waals surface area (Å²) in [5, 5.41) is 9.44. The van der Waals surface area contributed by atoms with Crippen LogP contribution in [0.25, 0.3) is 0 Å². The molecule has 1 saturated carbocycles. The van der Waals surface area contributed by atoms with Gasteiger partial charge in [-0.3, -0.25) is 0 Å². The number of hydrogen-bond donors (Lipinski definition) is 0. The fourth-order valence-electron chi connectivity index (χ4n) is 3.51. The fourth-order valence-corrected chi connectivity index (χ4v) is 3.51. The van der Waals surface area contributed by atoms with Gasteiger partial charge >= 0.3 is 0 Å². The van der Waals surface area contributed by atoms with Crippen LogP contribution in [0.1, 0.15) is 64.7 Å². The van der Waals surface area contributed by atoms with Gasteiger partial charge in [-0.15, -0.1) is 0 Å². The van der Waals surface area contributed by atoms with Crippen LogP contribution in [0.4, 0.5) is 0 Å². The second-order valence-corrected chi connectivity index (χ2v) is 5.94. The lowest BCUT2D eigenvalue weighted by Crippen LogP contribution is -2.15. The van der Waals surface area contributed by atoms with Crippen molar-refractivity contribution in [1.29, 1.82) is 5.26 Å². The van der Waals surface area contributed by atoms with Crippen LogP contribution in [0.2, 0.25) is 0 Å². The van der Waals surface area contributed by atoms with Crippen molar-refractivity contribution in [1.82, 2.24) is 0 Å². The molecule has 2 fully saturated rings. The monoisotopic (exact) mass is 235 g/mol. The number of rotatable bonds is 5. The second kappa shape index (κ2) is 5.87. The van der Waals surface area contributed by atoms with Gasteiger partial charge in [0.1, 0.15) is 0 Å². The van der Waals surface area contributed by atoms with E-state index in [9.17, 15) is 5.26 Å². The van der Waals surface area contributed by atoms with Gasteiger partial charge < -0.3 is 4.74 Å². The summed E-state index contributed by atoms with van der Waals surface area (Å²) in [6.45, 7) is 3.20. The van der Waals surface area contributed by atoms with Gasteiger partial charge in [0.15, 0.2) is 0 Å². The molecule has 0 bridgehead atoms. The third kappa shape index (κ3) is 3.22. The number of nitriles is 1. The predicted molar refractivity (Wildman–Crippen MR) is 68.5 cm³/mol. The van der Waals surface area contributed by atoms with Crippen molar-refractivity contribution in [3.63, 3.8) is 0 Å². The van der Waals surface area contributed by atoms with Gasteiger partial charge in [-0.05, 0) is 57.3 Å². The Kier molecular flexibility index (Phi) is 4.45. The summed E-state index contributed by atoms with van der Waals surface area (Å²) < 4.78 is 5.64. The van der Waals surface area contributed by atoms with Crippen LogP contribution < -0.4 is 0 Å². The summed E-state index contributed by atoms with van der Waals surface area (Å²) in [7, 11) is 0. The topological polar surface area (TPSA) is 33.0 Å². The Labute approximate surface area is 105 Å². The van der Waals surface area contributed by atoms with Gasteiger partial charge in [0.25, 0.3) is 0 Å². The Morgan fingerprint density at radius 3 is 2.88 bits per heavy atom. The van der Waals surface area contributed by atoms with Gasteiger partial charge in [-0.2, -0.15) is 5.26 Å². The molecule has 0 aromatic carbocycles. The molecule has 96 valence electrons. The van der Waals surface area contributed by atoms with Crippen molar-refractivity contribution in [2.45, 2.75) is 70.8 Å². The minimum Gasteiger partial charge on any atom is -0.378 e. The molecule has 0 aromatic heterocycles. The Bertz CT molecular complexity index is 277. The maximum atomic E-state index is 9.44. The van der Waals surface area contributed by atoms with E-state index in [4.69, 9.17) is 4.74 Å². The summed E-state index contributed by atoms with van der Waals surface area (Å²) in [6, 6.07) is 2.63. The molecule has 1 aliphatic heterocycles. The van der Waals surface area contributed by atoms with Crippen LogP contribution in [0, 0.1) is 22.7 Å². The second-order valence-electron chi connectivity index (χ2n) is 5.94. The lowest BCUT2D eigenvalue weighted by atomic mass is 9.81. The average Bonchev–Trinajstić information content (AvgIpc) is 2.99. The van der Waals surface area contributed by atoms with E-state index < -0.39 is 0 Å². The minimum atomic E-state index is 0.0132. The zero-order chi connectivity index (χ0) is 12.1. The summed E-state index contributed by atoms with van der Waals surface area (Å²) in [5.74, 6) is 0.803. The highest BCUT2D eigenvalue weighted by Crippen LogP contribution is 2.46. The van der Waals surface area contributed by atoms with Crippen LogP contribution in [0.15, 0.2) is 0 Å². The lowest BCUT2D eigenvalue weighted by Gasteiger charge is -2.21. The van der Waals surface area contributed by atoms with Crippen molar-refractivity contribution >= 4 is 0 Å². The molecule has 0 radical (unpaired) electrons. The van der Waals surface area contributed by atoms with Crippen molar-refractivity contribution in [2.75, 3.05) is 6.61 Å². The van der Waals surface area contributed by atoms with Gasteiger partial charge in [-0.1, -0.05) is 13.3 Å². The van der Waals surface area contributed by atoms with Crippen LogP contribution in [0.5, 0.6) is 0 Å². The standard InChI is InChI=1S/C15H25NO/c1-2-13-7-9-15(11-13,12-16)8-3-5-14-6-4-10-17-14/h13-14H,2-11H2,1H3. The molecule has 17 heavy (non-hydrogen) atoms. The van der Waals surface area contributed by atoms with E-state index in [1.165, 1.54) is 38.5 Å². The minimum absolute atomic E-state index is 0.0132. The molecule has 1 saturated heterocycles. The summed E-state index contributed by atoms with van der Waals surface area (Å²) >= 11 is 0.